The minimum atomic E-state index is -0.100. The Balaban J connectivity index is 1.42. The number of aromatic nitrogens is 3. The SMILES string of the molecule is COc1cccc(NC(=O)C2CCCN(c3ccc(-c4ccncc4)nn3)C2)c1. The standard InChI is InChI=1S/C22H23N5O2/c1-29-19-6-2-5-18(14-19)24-22(28)17-4-3-13-27(15-17)21-8-7-20(25-26-21)16-9-11-23-12-10-16/h2,5-12,14,17H,3-4,13,15H2,1H3,(H,24,28). The van der Waals surface area contributed by atoms with Crippen molar-refractivity contribution < 1.29 is 9.53 Å². The number of nitrogens with zero attached hydrogens (tertiary/aromatic N) is 4. The van der Waals surface area contributed by atoms with Gasteiger partial charge in [-0.05, 0) is 49.2 Å². The summed E-state index contributed by atoms with van der Waals surface area (Å²) in [6.07, 6.45) is 5.26. The van der Waals surface area contributed by atoms with Crippen LogP contribution >= 0.6 is 0 Å². The van der Waals surface area contributed by atoms with Gasteiger partial charge < -0.3 is 15.0 Å². The fraction of sp³-hybridized carbons (Fsp3) is 0.273. The molecule has 7 nitrogen and oxygen atoms in total. The van der Waals surface area contributed by atoms with Crippen LogP contribution in [0.15, 0.2) is 60.9 Å². The Labute approximate surface area is 169 Å². The van der Waals surface area contributed by atoms with Gasteiger partial charge in [0.1, 0.15) is 5.75 Å². The van der Waals surface area contributed by atoms with E-state index in [2.05, 4.69) is 25.4 Å². The van der Waals surface area contributed by atoms with E-state index in [9.17, 15) is 4.79 Å². The molecule has 3 aromatic rings. The van der Waals surface area contributed by atoms with E-state index in [1.54, 1.807) is 19.5 Å². The number of hydrogen-bond donors (Lipinski definition) is 1. The molecule has 1 aliphatic rings. The lowest BCUT2D eigenvalue weighted by molar-refractivity contribution is -0.120. The molecule has 1 unspecified atom stereocenters. The lowest BCUT2D eigenvalue weighted by Crippen LogP contribution is -2.41. The molecule has 0 saturated carbocycles. The highest BCUT2D eigenvalue weighted by Crippen LogP contribution is 2.25. The van der Waals surface area contributed by atoms with Gasteiger partial charge in [-0.25, -0.2) is 0 Å². The fourth-order valence-corrected chi connectivity index (χ4v) is 3.51. The molecule has 1 N–H and O–H groups in total. The summed E-state index contributed by atoms with van der Waals surface area (Å²) in [6.45, 7) is 1.49. The van der Waals surface area contributed by atoms with Gasteiger partial charge >= 0.3 is 0 Å². The molecule has 4 rings (SSSR count). The Morgan fingerprint density at radius 3 is 2.76 bits per heavy atom. The lowest BCUT2D eigenvalue weighted by atomic mass is 9.97. The number of methoxy groups -OCH3 is 1. The van der Waals surface area contributed by atoms with Crippen LogP contribution in [0.3, 0.4) is 0 Å². The molecule has 1 aromatic carbocycles. The van der Waals surface area contributed by atoms with E-state index in [1.165, 1.54) is 0 Å². The van der Waals surface area contributed by atoms with E-state index in [-0.39, 0.29) is 11.8 Å². The van der Waals surface area contributed by atoms with Gasteiger partial charge in [-0.3, -0.25) is 9.78 Å². The van der Waals surface area contributed by atoms with Crippen molar-refractivity contribution in [1.82, 2.24) is 15.2 Å². The first-order chi connectivity index (χ1) is 14.2. The minimum absolute atomic E-state index is 0.0179. The second-order valence-corrected chi connectivity index (χ2v) is 7.02. The van der Waals surface area contributed by atoms with Crippen molar-refractivity contribution in [3.63, 3.8) is 0 Å². The number of pyridine rings is 1. The summed E-state index contributed by atoms with van der Waals surface area (Å²) in [4.78, 5) is 18.9. The topological polar surface area (TPSA) is 80.2 Å². The average Bonchev–Trinajstić information content (AvgIpc) is 2.80. The minimum Gasteiger partial charge on any atom is -0.497 e. The van der Waals surface area contributed by atoms with Crippen LogP contribution in [0.4, 0.5) is 11.5 Å². The molecule has 1 amide bonds. The van der Waals surface area contributed by atoms with E-state index < -0.39 is 0 Å². The molecule has 0 bridgehead atoms. The molecule has 148 valence electrons. The van der Waals surface area contributed by atoms with Crippen molar-refractivity contribution in [2.24, 2.45) is 5.92 Å². The third-order valence-electron chi connectivity index (χ3n) is 5.08. The third-order valence-corrected chi connectivity index (χ3v) is 5.08. The molecule has 29 heavy (non-hydrogen) atoms. The number of rotatable bonds is 5. The largest absolute Gasteiger partial charge is 0.497 e. The Morgan fingerprint density at radius 2 is 2.00 bits per heavy atom. The first-order valence-electron chi connectivity index (χ1n) is 9.67. The highest BCUT2D eigenvalue weighted by atomic mass is 16.5. The van der Waals surface area contributed by atoms with E-state index in [0.29, 0.717) is 6.54 Å². The summed E-state index contributed by atoms with van der Waals surface area (Å²) in [5.74, 6) is 1.43. The van der Waals surface area contributed by atoms with Crippen molar-refractivity contribution in [2.75, 3.05) is 30.4 Å². The van der Waals surface area contributed by atoms with Crippen LogP contribution in [0, 0.1) is 5.92 Å². The van der Waals surface area contributed by atoms with Crippen molar-refractivity contribution >= 4 is 17.4 Å². The van der Waals surface area contributed by atoms with Gasteiger partial charge in [-0.1, -0.05) is 6.07 Å². The predicted molar refractivity (Wildman–Crippen MR) is 112 cm³/mol. The molecule has 0 aliphatic carbocycles. The second kappa shape index (κ2) is 8.68. The summed E-state index contributed by atoms with van der Waals surface area (Å²) in [6, 6.07) is 15.1. The smallest absolute Gasteiger partial charge is 0.229 e. The number of piperidine rings is 1. The molecule has 7 heteroatoms. The van der Waals surface area contributed by atoms with Gasteiger partial charge in [-0.2, -0.15) is 0 Å². The Morgan fingerprint density at radius 1 is 1.14 bits per heavy atom. The lowest BCUT2D eigenvalue weighted by Gasteiger charge is -2.32. The number of amides is 1. The van der Waals surface area contributed by atoms with E-state index >= 15 is 0 Å². The van der Waals surface area contributed by atoms with Crippen LogP contribution in [-0.2, 0) is 4.79 Å². The van der Waals surface area contributed by atoms with Crippen LogP contribution in [0.2, 0.25) is 0 Å². The third kappa shape index (κ3) is 4.51. The highest BCUT2D eigenvalue weighted by molar-refractivity contribution is 5.93. The van der Waals surface area contributed by atoms with Crippen LogP contribution in [0.25, 0.3) is 11.3 Å². The summed E-state index contributed by atoms with van der Waals surface area (Å²) in [5.41, 5.74) is 2.53. The van der Waals surface area contributed by atoms with Crippen molar-refractivity contribution in [3.05, 3.63) is 60.9 Å². The van der Waals surface area contributed by atoms with Crippen LogP contribution in [0.5, 0.6) is 5.75 Å². The van der Waals surface area contributed by atoms with Gasteiger partial charge in [0.25, 0.3) is 0 Å². The van der Waals surface area contributed by atoms with E-state index in [0.717, 1.165) is 47.9 Å². The van der Waals surface area contributed by atoms with E-state index in [1.807, 2.05) is 48.5 Å². The number of carbonyl (C=O) groups is 1. The number of carbonyl (C=O) groups excluding carboxylic acids is 1. The normalized spacial score (nSPS) is 16.3. The summed E-state index contributed by atoms with van der Waals surface area (Å²) >= 11 is 0. The van der Waals surface area contributed by atoms with Crippen LogP contribution in [0.1, 0.15) is 12.8 Å². The molecular formula is C22H23N5O2. The molecule has 0 spiro atoms. The Hall–Kier alpha value is -3.48. The predicted octanol–water partition coefficient (Wildman–Crippen LogP) is 3.40. The van der Waals surface area contributed by atoms with Crippen molar-refractivity contribution in [3.8, 4) is 17.0 Å². The number of benzene rings is 1. The van der Waals surface area contributed by atoms with Crippen molar-refractivity contribution in [2.45, 2.75) is 12.8 Å². The maximum atomic E-state index is 12.8. The zero-order valence-corrected chi connectivity index (χ0v) is 16.3. The molecule has 1 saturated heterocycles. The first kappa shape index (κ1) is 18.9. The van der Waals surface area contributed by atoms with Gasteiger partial charge in [0, 0.05) is 42.8 Å². The van der Waals surface area contributed by atoms with Gasteiger partial charge in [-0.15, -0.1) is 10.2 Å². The Bertz CT molecular complexity index is 962. The average molecular weight is 389 g/mol. The quantitative estimate of drug-likeness (QED) is 0.720. The molecule has 3 heterocycles. The number of anilines is 2. The molecule has 1 fully saturated rings. The van der Waals surface area contributed by atoms with Gasteiger partial charge in [0.15, 0.2) is 5.82 Å². The summed E-state index contributed by atoms with van der Waals surface area (Å²) in [7, 11) is 1.61. The molecular weight excluding hydrogens is 366 g/mol. The second-order valence-electron chi connectivity index (χ2n) is 7.02. The van der Waals surface area contributed by atoms with Gasteiger partial charge in [0.2, 0.25) is 5.91 Å². The maximum Gasteiger partial charge on any atom is 0.229 e. The Kier molecular flexibility index (Phi) is 5.65. The zero-order valence-electron chi connectivity index (χ0n) is 16.3. The summed E-state index contributed by atoms with van der Waals surface area (Å²) in [5, 5.41) is 11.7. The monoisotopic (exact) mass is 389 g/mol. The number of nitrogens with one attached hydrogen (secondary N) is 1. The number of ether oxygens (including phenoxy) is 1. The molecule has 1 aliphatic heterocycles. The molecule has 0 radical (unpaired) electrons. The first-order valence-corrected chi connectivity index (χ1v) is 9.67. The van der Waals surface area contributed by atoms with Crippen molar-refractivity contribution in [1.29, 1.82) is 0 Å². The molecule has 1 atom stereocenters. The summed E-state index contributed by atoms with van der Waals surface area (Å²) < 4.78 is 5.22. The van der Waals surface area contributed by atoms with E-state index in [4.69, 9.17) is 4.74 Å². The molecule has 2 aromatic heterocycles. The van der Waals surface area contributed by atoms with Crippen LogP contribution < -0.4 is 15.0 Å². The zero-order chi connectivity index (χ0) is 20.1. The maximum absolute atomic E-state index is 12.8. The fourth-order valence-electron chi connectivity index (χ4n) is 3.51. The number of hydrogen-bond acceptors (Lipinski definition) is 6. The highest BCUT2D eigenvalue weighted by Gasteiger charge is 2.27. The van der Waals surface area contributed by atoms with Crippen LogP contribution in [-0.4, -0.2) is 41.3 Å². The van der Waals surface area contributed by atoms with Gasteiger partial charge in [0.05, 0.1) is 18.7 Å².